The molecule has 0 bridgehead atoms. The summed E-state index contributed by atoms with van der Waals surface area (Å²) in [6, 6.07) is 17.3. The lowest BCUT2D eigenvalue weighted by Crippen LogP contribution is -1.77. The minimum Gasteiger partial charge on any atom is -0.0776 e. The summed E-state index contributed by atoms with van der Waals surface area (Å²) < 4.78 is 0. The minimum absolute atomic E-state index is 0. The van der Waals surface area contributed by atoms with Crippen molar-refractivity contribution in [3.05, 3.63) is 59.7 Å². The molecule has 0 fully saturated rings. The maximum atomic E-state index is 2.22. The summed E-state index contributed by atoms with van der Waals surface area (Å²) in [5, 5.41) is 0. The van der Waals surface area contributed by atoms with Gasteiger partial charge in [0.2, 0.25) is 0 Å². The summed E-state index contributed by atoms with van der Waals surface area (Å²) in [7, 11) is 0. The monoisotopic (exact) mass is 212 g/mol. The lowest BCUT2D eigenvalue weighted by atomic mass is 10.1. The molecule has 0 amide bonds. The van der Waals surface area contributed by atoms with Crippen LogP contribution in [0.1, 0.15) is 32.4 Å². The molecule has 0 radical (unpaired) electrons. The van der Waals surface area contributed by atoms with Crippen LogP contribution in [0.15, 0.2) is 48.5 Å². The Labute approximate surface area is 99.0 Å². The maximum absolute atomic E-state index is 2.22. The van der Waals surface area contributed by atoms with Gasteiger partial charge >= 0.3 is 0 Å². The van der Waals surface area contributed by atoms with Crippen LogP contribution >= 0.6 is 0 Å². The third-order valence-corrected chi connectivity index (χ3v) is 2.71. The van der Waals surface area contributed by atoms with Crippen LogP contribution < -0.4 is 0 Å². The fourth-order valence-electron chi connectivity index (χ4n) is 2.08. The highest BCUT2D eigenvalue weighted by molar-refractivity contribution is 5.76. The average molecular weight is 212 g/mol. The van der Waals surface area contributed by atoms with Crippen molar-refractivity contribution in [3.8, 4) is 11.1 Å². The number of fused-ring (bicyclic) bond motifs is 3. The zero-order valence-corrected chi connectivity index (χ0v) is 9.33. The smallest absolute Gasteiger partial charge is 0.00135 e. The molecule has 0 aliphatic heterocycles. The molecule has 84 valence electrons. The van der Waals surface area contributed by atoms with Gasteiger partial charge < -0.3 is 0 Å². The summed E-state index contributed by atoms with van der Waals surface area (Å²) in [5.41, 5.74) is 5.75. The number of hydrogen-bond donors (Lipinski definition) is 0. The normalized spacial score (nSPS) is 10.4. The van der Waals surface area contributed by atoms with Gasteiger partial charge in [0.15, 0.2) is 0 Å². The number of rotatable bonds is 0. The third kappa shape index (κ3) is 2.01. The van der Waals surface area contributed by atoms with Crippen molar-refractivity contribution in [2.75, 3.05) is 0 Å². The second-order valence-electron chi connectivity index (χ2n) is 3.49. The molecule has 2 aromatic rings. The highest BCUT2D eigenvalue weighted by atomic mass is 14.2. The van der Waals surface area contributed by atoms with Gasteiger partial charge in [0, 0.05) is 0 Å². The lowest BCUT2D eigenvalue weighted by molar-refractivity contribution is 1.26. The van der Waals surface area contributed by atoms with Crippen LogP contribution in [0.4, 0.5) is 0 Å². The molecule has 1 aliphatic rings. The van der Waals surface area contributed by atoms with Crippen LogP contribution in [0.25, 0.3) is 11.1 Å². The van der Waals surface area contributed by atoms with Crippen molar-refractivity contribution < 1.29 is 0 Å². The summed E-state index contributed by atoms with van der Waals surface area (Å²) in [6.45, 7) is 4.00. The molecule has 0 saturated carbocycles. The van der Waals surface area contributed by atoms with E-state index in [0.29, 0.717) is 0 Å². The van der Waals surface area contributed by atoms with Crippen LogP contribution in [0.2, 0.25) is 0 Å². The Balaban J connectivity index is 0.000000406. The van der Waals surface area contributed by atoms with E-state index in [9.17, 15) is 0 Å². The predicted octanol–water partition coefficient (Wildman–Crippen LogP) is 4.92. The van der Waals surface area contributed by atoms with Crippen molar-refractivity contribution in [2.45, 2.75) is 27.7 Å². The molecule has 0 nitrogen and oxygen atoms in total. The van der Waals surface area contributed by atoms with Crippen molar-refractivity contribution in [1.82, 2.24) is 0 Å². The molecule has 1 aliphatic carbocycles. The first-order valence-corrected chi connectivity index (χ1v) is 5.61. The van der Waals surface area contributed by atoms with Gasteiger partial charge in [-0.05, 0) is 28.7 Å². The SMILES string of the molecule is C.CC.c1ccc2c(c1)Cc1ccccc1-2. The molecule has 2 aromatic carbocycles. The van der Waals surface area contributed by atoms with E-state index in [2.05, 4.69) is 48.5 Å². The van der Waals surface area contributed by atoms with Crippen molar-refractivity contribution in [1.29, 1.82) is 0 Å². The molecule has 0 heterocycles. The van der Waals surface area contributed by atoms with Gasteiger partial charge in [0.25, 0.3) is 0 Å². The molecule has 0 saturated heterocycles. The molecule has 0 heteroatoms. The molecular weight excluding hydrogens is 192 g/mol. The lowest BCUT2D eigenvalue weighted by Gasteiger charge is -1.98. The molecule has 0 spiro atoms. The molecule has 3 rings (SSSR count). The molecular formula is C16H20. The number of hydrogen-bond acceptors (Lipinski definition) is 0. The van der Waals surface area contributed by atoms with E-state index >= 15 is 0 Å². The van der Waals surface area contributed by atoms with E-state index in [4.69, 9.17) is 0 Å². The zero-order valence-electron chi connectivity index (χ0n) is 9.33. The van der Waals surface area contributed by atoms with Crippen LogP contribution in [0.3, 0.4) is 0 Å². The van der Waals surface area contributed by atoms with E-state index in [1.165, 1.54) is 22.3 Å². The first-order chi connectivity index (χ1) is 7.45. The van der Waals surface area contributed by atoms with Crippen molar-refractivity contribution in [3.63, 3.8) is 0 Å². The van der Waals surface area contributed by atoms with Gasteiger partial charge in [-0.2, -0.15) is 0 Å². The molecule has 16 heavy (non-hydrogen) atoms. The van der Waals surface area contributed by atoms with E-state index < -0.39 is 0 Å². The van der Waals surface area contributed by atoms with Crippen LogP contribution in [0, 0.1) is 0 Å². The topological polar surface area (TPSA) is 0 Å². The fraction of sp³-hybridized carbons (Fsp3) is 0.250. The first-order valence-electron chi connectivity index (χ1n) is 5.61. The summed E-state index contributed by atoms with van der Waals surface area (Å²) in [5.74, 6) is 0. The zero-order chi connectivity index (χ0) is 10.7. The van der Waals surface area contributed by atoms with Crippen molar-refractivity contribution in [2.24, 2.45) is 0 Å². The second kappa shape index (κ2) is 5.50. The van der Waals surface area contributed by atoms with Gasteiger partial charge in [-0.1, -0.05) is 69.8 Å². The summed E-state index contributed by atoms with van der Waals surface area (Å²) in [4.78, 5) is 0. The van der Waals surface area contributed by atoms with Crippen LogP contribution in [-0.2, 0) is 6.42 Å². The Bertz CT molecular complexity index is 412. The largest absolute Gasteiger partial charge is 0.0776 e. The fourth-order valence-corrected chi connectivity index (χ4v) is 2.08. The maximum Gasteiger partial charge on any atom is -0.00135 e. The third-order valence-electron chi connectivity index (χ3n) is 2.71. The van der Waals surface area contributed by atoms with Gasteiger partial charge in [-0.25, -0.2) is 0 Å². The highest BCUT2D eigenvalue weighted by Gasteiger charge is 2.15. The summed E-state index contributed by atoms with van der Waals surface area (Å²) >= 11 is 0. The van der Waals surface area contributed by atoms with E-state index in [-0.39, 0.29) is 7.43 Å². The average Bonchev–Trinajstić information content (AvgIpc) is 2.70. The molecule has 0 aromatic heterocycles. The Kier molecular flexibility index (Phi) is 4.30. The summed E-state index contributed by atoms with van der Waals surface area (Å²) in [6.07, 6.45) is 1.10. The van der Waals surface area contributed by atoms with Gasteiger partial charge in [0.1, 0.15) is 0 Å². The molecule has 0 unspecified atom stereocenters. The predicted molar refractivity (Wildman–Crippen MR) is 72.8 cm³/mol. The minimum atomic E-state index is 0. The first kappa shape index (κ1) is 12.5. The Morgan fingerprint density at radius 1 is 0.688 bits per heavy atom. The van der Waals surface area contributed by atoms with Gasteiger partial charge in [-0.15, -0.1) is 0 Å². The van der Waals surface area contributed by atoms with Gasteiger partial charge in [-0.3, -0.25) is 0 Å². The van der Waals surface area contributed by atoms with E-state index in [1.807, 2.05) is 13.8 Å². The molecule has 0 N–H and O–H groups in total. The van der Waals surface area contributed by atoms with E-state index in [0.717, 1.165) is 6.42 Å². The Morgan fingerprint density at radius 2 is 1.06 bits per heavy atom. The second-order valence-corrected chi connectivity index (χ2v) is 3.49. The van der Waals surface area contributed by atoms with Crippen molar-refractivity contribution >= 4 is 0 Å². The van der Waals surface area contributed by atoms with Crippen LogP contribution in [0.5, 0.6) is 0 Å². The number of benzene rings is 2. The molecule has 0 atom stereocenters. The van der Waals surface area contributed by atoms with Gasteiger partial charge in [0.05, 0.1) is 0 Å². The van der Waals surface area contributed by atoms with Crippen LogP contribution in [-0.4, -0.2) is 0 Å². The Hall–Kier alpha value is -1.56. The standard InChI is InChI=1S/C13H10.C2H6.CH4/c1-3-7-12-10(5-1)9-11-6-2-4-8-13(11)12;1-2;/h1-8H,9H2;1-2H3;1H4. The quantitative estimate of drug-likeness (QED) is 0.496. The Morgan fingerprint density at radius 3 is 1.50 bits per heavy atom. The van der Waals surface area contributed by atoms with E-state index in [1.54, 1.807) is 0 Å². The highest BCUT2D eigenvalue weighted by Crippen LogP contribution is 2.35.